The summed E-state index contributed by atoms with van der Waals surface area (Å²) in [5.74, 6) is 0.273. The molecule has 2 aromatic heterocycles. The molecule has 6 nitrogen and oxygen atoms in total. The van der Waals surface area contributed by atoms with Crippen molar-refractivity contribution in [3.8, 4) is 5.75 Å². The zero-order valence-electron chi connectivity index (χ0n) is 15.5. The average Bonchev–Trinajstić information content (AvgIpc) is 3.36. The molecule has 1 aliphatic heterocycles. The Morgan fingerprint density at radius 1 is 1.17 bits per heavy atom. The van der Waals surface area contributed by atoms with Crippen molar-refractivity contribution in [3.05, 3.63) is 87.2 Å². The number of hydrogen-bond donors (Lipinski definition) is 0. The van der Waals surface area contributed by atoms with E-state index in [9.17, 15) is 9.59 Å². The first kappa shape index (κ1) is 17.6. The first-order valence-electron chi connectivity index (χ1n) is 9.20. The van der Waals surface area contributed by atoms with Gasteiger partial charge >= 0.3 is 0 Å². The van der Waals surface area contributed by atoms with Crippen LogP contribution in [-0.2, 0) is 0 Å². The lowest BCUT2D eigenvalue weighted by molar-refractivity contribution is 0.0971. The first-order chi connectivity index (χ1) is 14.2. The van der Waals surface area contributed by atoms with Crippen molar-refractivity contribution in [3.63, 3.8) is 0 Å². The van der Waals surface area contributed by atoms with Crippen molar-refractivity contribution >= 4 is 33.3 Å². The SMILES string of the molecule is CCOc1ccc2c(=O)c3c(oc2c1)C(=O)N(c1nccs1)C3c1ccccc1. The Kier molecular flexibility index (Phi) is 4.17. The molecular weight excluding hydrogens is 388 g/mol. The molecule has 29 heavy (non-hydrogen) atoms. The van der Waals surface area contributed by atoms with Gasteiger partial charge in [0.25, 0.3) is 5.91 Å². The predicted octanol–water partition coefficient (Wildman–Crippen LogP) is 4.40. The molecule has 0 N–H and O–H groups in total. The Morgan fingerprint density at radius 2 is 2.00 bits per heavy atom. The molecule has 144 valence electrons. The highest BCUT2D eigenvalue weighted by atomic mass is 32.1. The fourth-order valence-electron chi connectivity index (χ4n) is 3.69. The van der Waals surface area contributed by atoms with E-state index in [4.69, 9.17) is 9.15 Å². The van der Waals surface area contributed by atoms with E-state index >= 15 is 0 Å². The van der Waals surface area contributed by atoms with E-state index in [1.54, 1.807) is 29.8 Å². The molecule has 1 amide bonds. The van der Waals surface area contributed by atoms with Crippen LogP contribution in [0.15, 0.2) is 69.3 Å². The molecule has 4 aromatic rings. The maximum absolute atomic E-state index is 13.4. The molecule has 0 radical (unpaired) electrons. The summed E-state index contributed by atoms with van der Waals surface area (Å²) in [6.45, 7) is 2.37. The van der Waals surface area contributed by atoms with Crippen LogP contribution in [0.4, 0.5) is 5.13 Å². The van der Waals surface area contributed by atoms with Gasteiger partial charge in [-0.05, 0) is 24.6 Å². The monoisotopic (exact) mass is 404 g/mol. The van der Waals surface area contributed by atoms with Gasteiger partial charge < -0.3 is 9.15 Å². The minimum atomic E-state index is -0.586. The van der Waals surface area contributed by atoms with E-state index in [2.05, 4.69) is 4.98 Å². The highest BCUT2D eigenvalue weighted by Crippen LogP contribution is 2.41. The Labute approximate surface area is 170 Å². The van der Waals surface area contributed by atoms with Crippen LogP contribution in [0, 0.1) is 0 Å². The normalized spacial score (nSPS) is 15.7. The number of carbonyl (C=O) groups excluding carboxylic acids is 1. The van der Waals surface area contributed by atoms with Gasteiger partial charge in [0, 0.05) is 17.6 Å². The molecular formula is C22H16N2O4S. The lowest BCUT2D eigenvalue weighted by atomic mass is 9.99. The van der Waals surface area contributed by atoms with Crippen LogP contribution in [0.25, 0.3) is 11.0 Å². The van der Waals surface area contributed by atoms with E-state index in [0.717, 1.165) is 5.56 Å². The van der Waals surface area contributed by atoms with Gasteiger partial charge in [0.05, 0.1) is 23.6 Å². The van der Waals surface area contributed by atoms with Gasteiger partial charge in [-0.1, -0.05) is 30.3 Å². The summed E-state index contributed by atoms with van der Waals surface area (Å²) in [6.07, 6.45) is 1.64. The summed E-state index contributed by atoms with van der Waals surface area (Å²) in [4.78, 5) is 32.6. The molecule has 0 aliphatic carbocycles. The molecule has 1 unspecified atom stereocenters. The number of benzene rings is 2. The lowest BCUT2D eigenvalue weighted by Gasteiger charge is -2.22. The number of nitrogens with zero attached hydrogens (tertiary/aromatic N) is 2. The summed E-state index contributed by atoms with van der Waals surface area (Å²) in [5.41, 5.74) is 1.28. The van der Waals surface area contributed by atoms with Gasteiger partial charge in [-0.2, -0.15) is 0 Å². The van der Waals surface area contributed by atoms with Crippen molar-refractivity contribution in [2.75, 3.05) is 11.5 Å². The van der Waals surface area contributed by atoms with E-state index in [-0.39, 0.29) is 17.1 Å². The smallest absolute Gasteiger partial charge is 0.297 e. The molecule has 1 aliphatic rings. The zero-order valence-corrected chi connectivity index (χ0v) is 16.3. The van der Waals surface area contributed by atoms with Crippen molar-refractivity contribution in [1.82, 2.24) is 4.98 Å². The number of carbonyl (C=O) groups is 1. The molecule has 0 bridgehead atoms. The number of fused-ring (bicyclic) bond motifs is 2. The Bertz CT molecular complexity index is 1270. The molecule has 5 rings (SSSR count). The van der Waals surface area contributed by atoms with Crippen LogP contribution in [0.5, 0.6) is 5.75 Å². The Hall–Kier alpha value is -3.45. The molecule has 1 atom stereocenters. The van der Waals surface area contributed by atoms with Gasteiger partial charge in [-0.3, -0.25) is 14.5 Å². The third-order valence-electron chi connectivity index (χ3n) is 4.90. The third-order valence-corrected chi connectivity index (χ3v) is 5.67. The molecule has 0 fully saturated rings. The predicted molar refractivity (Wildman–Crippen MR) is 111 cm³/mol. The number of aromatic nitrogens is 1. The largest absolute Gasteiger partial charge is 0.494 e. The molecule has 7 heteroatoms. The second kappa shape index (κ2) is 6.86. The van der Waals surface area contributed by atoms with Crippen LogP contribution < -0.4 is 15.1 Å². The van der Waals surface area contributed by atoms with Gasteiger partial charge in [0.2, 0.25) is 5.76 Å². The molecule has 0 saturated carbocycles. The standard InChI is InChI=1S/C22H16N2O4S/c1-2-27-14-8-9-15-16(12-14)28-20-17(19(15)25)18(13-6-4-3-5-7-13)24(21(20)26)22-23-10-11-29-22/h3-12,18H,2H2,1H3. The van der Waals surface area contributed by atoms with E-state index in [1.807, 2.05) is 37.3 Å². The van der Waals surface area contributed by atoms with E-state index in [0.29, 0.717) is 34.0 Å². The van der Waals surface area contributed by atoms with E-state index in [1.165, 1.54) is 16.2 Å². The molecule has 0 spiro atoms. The minimum Gasteiger partial charge on any atom is -0.494 e. The topological polar surface area (TPSA) is 72.6 Å². The maximum Gasteiger partial charge on any atom is 0.297 e. The van der Waals surface area contributed by atoms with E-state index < -0.39 is 6.04 Å². The van der Waals surface area contributed by atoms with Crippen molar-refractivity contribution < 1.29 is 13.9 Å². The molecule has 3 heterocycles. The summed E-state index contributed by atoms with van der Waals surface area (Å²) in [6, 6.07) is 13.9. The Balaban J connectivity index is 1.78. The van der Waals surface area contributed by atoms with Gasteiger partial charge in [-0.15, -0.1) is 11.3 Å². The second-order valence-electron chi connectivity index (χ2n) is 6.57. The molecule has 2 aromatic carbocycles. The van der Waals surface area contributed by atoms with Gasteiger partial charge in [0.15, 0.2) is 10.6 Å². The average molecular weight is 404 g/mol. The first-order valence-corrected chi connectivity index (χ1v) is 10.1. The maximum atomic E-state index is 13.4. The number of hydrogen-bond acceptors (Lipinski definition) is 6. The van der Waals surface area contributed by atoms with Crippen molar-refractivity contribution in [1.29, 1.82) is 0 Å². The highest BCUT2D eigenvalue weighted by Gasteiger charge is 2.44. The lowest BCUT2D eigenvalue weighted by Crippen LogP contribution is -2.29. The number of anilines is 1. The van der Waals surface area contributed by atoms with Gasteiger partial charge in [0.1, 0.15) is 11.3 Å². The Morgan fingerprint density at radius 3 is 2.72 bits per heavy atom. The third kappa shape index (κ3) is 2.74. The quantitative estimate of drug-likeness (QED) is 0.504. The summed E-state index contributed by atoms with van der Waals surface area (Å²) in [7, 11) is 0. The van der Waals surface area contributed by atoms with Crippen LogP contribution in [0.3, 0.4) is 0 Å². The minimum absolute atomic E-state index is 0.0557. The van der Waals surface area contributed by atoms with Crippen LogP contribution in [0.1, 0.15) is 34.6 Å². The zero-order chi connectivity index (χ0) is 20.0. The van der Waals surface area contributed by atoms with Crippen LogP contribution in [0.2, 0.25) is 0 Å². The van der Waals surface area contributed by atoms with Crippen molar-refractivity contribution in [2.45, 2.75) is 13.0 Å². The number of rotatable bonds is 4. The van der Waals surface area contributed by atoms with Gasteiger partial charge in [-0.25, -0.2) is 4.98 Å². The summed E-state index contributed by atoms with van der Waals surface area (Å²) < 4.78 is 11.5. The van der Waals surface area contributed by atoms with Crippen molar-refractivity contribution in [2.24, 2.45) is 0 Å². The summed E-state index contributed by atoms with van der Waals surface area (Å²) >= 11 is 1.34. The number of ether oxygens (including phenoxy) is 1. The van der Waals surface area contributed by atoms with Crippen LogP contribution >= 0.6 is 11.3 Å². The second-order valence-corrected chi connectivity index (χ2v) is 7.44. The summed E-state index contributed by atoms with van der Waals surface area (Å²) in [5, 5.41) is 2.74. The number of amides is 1. The molecule has 0 saturated heterocycles. The number of thiazole rings is 1. The van der Waals surface area contributed by atoms with Crippen LogP contribution in [-0.4, -0.2) is 17.5 Å². The highest BCUT2D eigenvalue weighted by molar-refractivity contribution is 7.13. The fourth-order valence-corrected chi connectivity index (χ4v) is 4.36. The fraction of sp³-hybridized carbons (Fsp3) is 0.136.